The van der Waals surface area contributed by atoms with Gasteiger partial charge < -0.3 is 4.74 Å². The summed E-state index contributed by atoms with van der Waals surface area (Å²) in [6, 6.07) is 4.11. The minimum absolute atomic E-state index is 0.0957. The van der Waals surface area contributed by atoms with Gasteiger partial charge in [0.05, 0.1) is 17.1 Å². The van der Waals surface area contributed by atoms with Gasteiger partial charge in [0.15, 0.2) is 6.29 Å². The van der Waals surface area contributed by atoms with Crippen molar-refractivity contribution >= 4 is 27.9 Å². The molecule has 0 heterocycles. The SMILES string of the molecule is O=Cc1cc([N+](=O)[O-])ccc1OCCCCCCCCCCCCBr. The minimum Gasteiger partial charge on any atom is -0.493 e. The van der Waals surface area contributed by atoms with Crippen LogP contribution in [-0.2, 0) is 0 Å². The third-order valence-corrected chi connectivity index (χ3v) is 4.68. The van der Waals surface area contributed by atoms with Gasteiger partial charge in [0.2, 0.25) is 0 Å². The molecule has 0 radical (unpaired) electrons. The Bertz CT molecular complexity index is 522. The highest BCUT2D eigenvalue weighted by Crippen LogP contribution is 2.23. The highest BCUT2D eigenvalue weighted by Gasteiger charge is 2.11. The van der Waals surface area contributed by atoms with E-state index in [2.05, 4.69) is 15.9 Å². The van der Waals surface area contributed by atoms with E-state index in [-0.39, 0.29) is 11.3 Å². The summed E-state index contributed by atoms with van der Waals surface area (Å²) in [5, 5.41) is 11.8. The molecule has 0 atom stereocenters. The van der Waals surface area contributed by atoms with E-state index in [1.54, 1.807) is 0 Å². The maximum Gasteiger partial charge on any atom is 0.270 e. The highest BCUT2D eigenvalue weighted by atomic mass is 79.9. The fourth-order valence-electron chi connectivity index (χ4n) is 2.67. The highest BCUT2D eigenvalue weighted by molar-refractivity contribution is 9.09. The molecule has 0 unspecified atom stereocenters. The number of nitro groups is 1. The largest absolute Gasteiger partial charge is 0.493 e. The van der Waals surface area contributed by atoms with Gasteiger partial charge in [0.1, 0.15) is 5.75 Å². The van der Waals surface area contributed by atoms with Gasteiger partial charge in [0.25, 0.3) is 5.69 Å². The Kier molecular flexibility index (Phi) is 11.9. The van der Waals surface area contributed by atoms with Crippen LogP contribution in [0.4, 0.5) is 5.69 Å². The molecule has 140 valence electrons. The van der Waals surface area contributed by atoms with Crippen LogP contribution in [0.1, 0.15) is 74.6 Å². The molecule has 0 aliphatic rings. The van der Waals surface area contributed by atoms with E-state index in [4.69, 9.17) is 4.74 Å². The number of benzene rings is 1. The van der Waals surface area contributed by atoms with E-state index in [0.29, 0.717) is 18.6 Å². The van der Waals surface area contributed by atoms with Gasteiger partial charge in [0, 0.05) is 17.5 Å². The molecule has 0 saturated carbocycles. The number of nitrogens with zero attached hydrogens (tertiary/aromatic N) is 1. The zero-order valence-corrected chi connectivity index (χ0v) is 16.3. The third-order valence-electron chi connectivity index (χ3n) is 4.12. The standard InChI is InChI=1S/C19H28BrNO4/c20-13-9-7-5-3-1-2-4-6-8-10-14-25-19-12-11-18(21(23)24)15-17(19)16-22/h11-12,15-16H,1-10,13-14H2. The number of non-ortho nitro benzene ring substituents is 1. The number of carbonyl (C=O) groups excluding carboxylic acids is 1. The molecule has 0 bridgehead atoms. The predicted molar refractivity (Wildman–Crippen MR) is 104 cm³/mol. The van der Waals surface area contributed by atoms with Crippen LogP contribution in [-0.4, -0.2) is 23.1 Å². The number of carbonyl (C=O) groups is 1. The molecule has 6 heteroatoms. The first-order valence-electron chi connectivity index (χ1n) is 9.11. The lowest BCUT2D eigenvalue weighted by Gasteiger charge is -2.08. The number of alkyl halides is 1. The first kappa shape index (κ1) is 21.6. The van der Waals surface area contributed by atoms with Crippen LogP contribution in [0.2, 0.25) is 0 Å². The van der Waals surface area contributed by atoms with Crippen LogP contribution in [0.3, 0.4) is 0 Å². The molecule has 0 aliphatic carbocycles. The second-order valence-electron chi connectivity index (χ2n) is 6.17. The average Bonchev–Trinajstić information content (AvgIpc) is 2.62. The second-order valence-corrected chi connectivity index (χ2v) is 6.96. The first-order valence-corrected chi connectivity index (χ1v) is 10.2. The smallest absolute Gasteiger partial charge is 0.270 e. The van der Waals surface area contributed by atoms with E-state index < -0.39 is 4.92 Å². The molecule has 1 rings (SSSR count). The number of rotatable bonds is 15. The van der Waals surface area contributed by atoms with Crippen molar-refractivity contribution in [3.8, 4) is 5.75 Å². The lowest BCUT2D eigenvalue weighted by atomic mass is 10.1. The maximum absolute atomic E-state index is 11.0. The zero-order valence-electron chi connectivity index (χ0n) is 14.8. The Balaban J connectivity index is 2.08. The molecule has 25 heavy (non-hydrogen) atoms. The summed E-state index contributed by atoms with van der Waals surface area (Å²) in [6.07, 6.45) is 13.0. The van der Waals surface area contributed by atoms with Crippen molar-refractivity contribution in [3.63, 3.8) is 0 Å². The summed E-state index contributed by atoms with van der Waals surface area (Å²) in [5.41, 5.74) is 0.135. The summed E-state index contributed by atoms with van der Waals surface area (Å²) < 4.78 is 5.59. The van der Waals surface area contributed by atoms with E-state index in [1.807, 2.05) is 0 Å². The third kappa shape index (κ3) is 9.58. The lowest BCUT2D eigenvalue weighted by Crippen LogP contribution is -2.01. The molecular weight excluding hydrogens is 386 g/mol. The Morgan fingerprint density at radius 3 is 2.04 bits per heavy atom. The molecule has 0 spiro atoms. The summed E-state index contributed by atoms with van der Waals surface area (Å²) in [4.78, 5) is 21.2. The maximum atomic E-state index is 11.0. The number of unbranched alkanes of at least 4 members (excludes halogenated alkanes) is 9. The Morgan fingerprint density at radius 1 is 0.960 bits per heavy atom. The van der Waals surface area contributed by atoms with E-state index in [0.717, 1.165) is 18.2 Å². The van der Waals surface area contributed by atoms with Gasteiger partial charge in [-0.2, -0.15) is 0 Å². The van der Waals surface area contributed by atoms with Crippen molar-refractivity contribution in [2.24, 2.45) is 0 Å². The van der Waals surface area contributed by atoms with Crippen LogP contribution in [0.5, 0.6) is 5.75 Å². The summed E-state index contributed by atoms with van der Waals surface area (Å²) >= 11 is 3.45. The van der Waals surface area contributed by atoms with E-state index in [1.165, 1.54) is 69.6 Å². The van der Waals surface area contributed by atoms with Crippen LogP contribution in [0.25, 0.3) is 0 Å². The number of hydrogen-bond donors (Lipinski definition) is 0. The van der Waals surface area contributed by atoms with Gasteiger partial charge in [-0.15, -0.1) is 0 Å². The molecule has 0 N–H and O–H groups in total. The molecular formula is C19H28BrNO4. The number of nitro benzene ring substituents is 1. The molecule has 0 aromatic heterocycles. The summed E-state index contributed by atoms with van der Waals surface area (Å²) in [5.74, 6) is 0.420. The molecule has 5 nitrogen and oxygen atoms in total. The minimum atomic E-state index is -0.515. The fraction of sp³-hybridized carbons (Fsp3) is 0.632. The Labute approximate surface area is 158 Å². The number of hydrogen-bond acceptors (Lipinski definition) is 4. The van der Waals surface area contributed by atoms with Crippen LogP contribution < -0.4 is 4.74 Å². The van der Waals surface area contributed by atoms with Crippen molar-refractivity contribution < 1.29 is 14.5 Å². The number of ether oxygens (including phenoxy) is 1. The first-order chi connectivity index (χ1) is 12.2. The topological polar surface area (TPSA) is 69.4 Å². The quantitative estimate of drug-likeness (QED) is 0.115. The van der Waals surface area contributed by atoms with Crippen molar-refractivity contribution in [1.29, 1.82) is 0 Å². The van der Waals surface area contributed by atoms with Gasteiger partial charge in [-0.05, 0) is 18.9 Å². The van der Waals surface area contributed by atoms with Crippen LogP contribution in [0.15, 0.2) is 18.2 Å². The second kappa shape index (κ2) is 13.8. The summed E-state index contributed by atoms with van der Waals surface area (Å²) in [7, 11) is 0. The van der Waals surface area contributed by atoms with Crippen molar-refractivity contribution in [2.75, 3.05) is 11.9 Å². The average molecular weight is 414 g/mol. The van der Waals surface area contributed by atoms with Crippen LogP contribution in [0, 0.1) is 10.1 Å². The van der Waals surface area contributed by atoms with Gasteiger partial charge in [-0.3, -0.25) is 14.9 Å². The van der Waals surface area contributed by atoms with E-state index in [9.17, 15) is 14.9 Å². The van der Waals surface area contributed by atoms with Crippen molar-refractivity contribution in [2.45, 2.75) is 64.2 Å². The van der Waals surface area contributed by atoms with Crippen LogP contribution >= 0.6 is 15.9 Å². The number of aldehydes is 1. The molecule has 0 saturated heterocycles. The fourth-order valence-corrected chi connectivity index (χ4v) is 3.06. The number of halogens is 1. The summed E-state index contributed by atoms with van der Waals surface area (Å²) in [6.45, 7) is 0.533. The Hall–Kier alpha value is -1.43. The molecule has 1 aromatic rings. The van der Waals surface area contributed by atoms with Crippen molar-refractivity contribution in [1.82, 2.24) is 0 Å². The van der Waals surface area contributed by atoms with Crippen molar-refractivity contribution in [3.05, 3.63) is 33.9 Å². The van der Waals surface area contributed by atoms with Gasteiger partial charge in [-0.25, -0.2) is 0 Å². The molecule has 1 aromatic carbocycles. The Morgan fingerprint density at radius 2 is 1.52 bits per heavy atom. The lowest BCUT2D eigenvalue weighted by molar-refractivity contribution is -0.384. The van der Waals surface area contributed by atoms with E-state index >= 15 is 0 Å². The zero-order chi connectivity index (χ0) is 18.3. The van der Waals surface area contributed by atoms with Gasteiger partial charge >= 0.3 is 0 Å². The molecule has 0 fully saturated rings. The normalized spacial score (nSPS) is 10.6. The molecule has 0 amide bonds. The van der Waals surface area contributed by atoms with Gasteiger partial charge in [-0.1, -0.05) is 67.3 Å². The monoisotopic (exact) mass is 413 g/mol. The predicted octanol–water partition coefficient (Wildman–Crippen LogP) is 6.08. The molecule has 0 aliphatic heterocycles.